The Labute approximate surface area is 169 Å². The molecule has 0 aliphatic carbocycles. The van der Waals surface area contributed by atoms with Gasteiger partial charge in [-0.25, -0.2) is 9.48 Å². The Morgan fingerprint density at radius 1 is 1.14 bits per heavy atom. The van der Waals surface area contributed by atoms with Crippen molar-refractivity contribution in [2.75, 3.05) is 12.4 Å². The van der Waals surface area contributed by atoms with Crippen LogP contribution in [-0.2, 0) is 16.1 Å². The SMILES string of the molecule is COC(=O)C1=C(C)Nc2ncnn2C1c1ccccc1OCc1ccccc1C. The fourth-order valence-corrected chi connectivity index (χ4v) is 3.52. The normalized spacial score (nSPS) is 15.5. The summed E-state index contributed by atoms with van der Waals surface area (Å²) in [7, 11) is 1.37. The number of benzene rings is 2. The number of aryl methyl sites for hydroxylation is 1. The lowest BCUT2D eigenvalue weighted by Gasteiger charge is -2.29. The van der Waals surface area contributed by atoms with Gasteiger partial charge in [0.2, 0.25) is 5.95 Å². The number of fused-ring (bicyclic) bond motifs is 1. The lowest BCUT2D eigenvalue weighted by Crippen LogP contribution is -2.29. The van der Waals surface area contributed by atoms with Crippen molar-refractivity contribution >= 4 is 11.9 Å². The average Bonchev–Trinajstić information content (AvgIpc) is 3.20. The fraction of sp³-hybridized carbons (Fsp3) is 0.227. The zero-order chi connectivity index (χ0) is 20.4. The topological polar surface area (TPSA) is 78.3 Å². The highest BCUT2D eigenvalue weighted by molar-refractivity contribution is 5.92. The zero-order valence-electron chi connectivity index (χ0n) is 16.5. The van der Waals surface area contributed by atoms with Gasteiger partial charge in [0.25, 0.3) is 0 Å². The molecule has 1 aromatic heterocycles. The first-order valence-corrected chi connectivity index (χ1v) is 9.32. The highest BCUT2D eigenvalue weighted by Crippen LogP contribution is 2.39. The Morgan fingerprint density at radius 2 is 1.90 bits per heavy atom. The molecule has 1 atom stereocenters. The average molecular weight is 390 g/mol. The van der Waals surface area contributed by atoms with Crippen LogP contribution in [0.4, 0.5) is 5.95 Å². The van der Waals surface area contributed by atoms with Gasteiger partial charge in [-0.2, -0.15) is 10.1 Å². The van der Waals surface area contributed by atoms with Crippen molar-refractivity contribution in [2.24, 2.45) is 0 Å². The van der Waals surface area contributed by atoms with E-state index < -0.39 is 12.0 Å². The molecule has 2 aromatic carbocycles. The molecule has 148 valence electrons. The second kappa shape index (κ2) is 7.79. The third-order valence-corrected chi connectivity index (χ3v) is 5.06. The van der Waals surface area contributed by atoms with Crippen molar-refractivity contribution < 1.29 is 14.3 Å². The predicted octanol–water partition coefficient (Wildman–Crippen LogP) is 3.63. The van der Waals surface area contributed by atoms with Gasteiger partial charge in [-0.3, -0.25) is 0 Å². The Morgan fingerprint density at radius 3 is 2.69 bits per heavy atom. The van der Waals surface area contributed by atoms with E-state index in [1.165, 1.54) is 13.4 Å². The molecule has 4 rings (SSSR count). The number of methoxy groups -OCH3 is 1. The van der Waals surface area contributed by atoms with Gasteiger partial charge < -0.3 is 14.8 Å². The Balaban J connectivity index is 1.76. The summed E-state index contributed by atoms with van der Waals surface area (Å²) in [5, 5.41) is 7.45. The summed E-state index contributed by atoms with van der Waals surface area (Å²) in [5.74, 6) is 0.821. The smallest absolute Gasteiger partial charge is 0.338 e. The summed E-state index contributed by atoms with van der Waals surface area (Å²) in [4.78, 5) is 16.9. The quantitative estimate of drug-likeness (QED) is 0.671. The molecule has 1 aliphatic rings. The second-order valence-corrected chi connectivity index (χ2v) is 6.84. The number of para-hydroxylation sites is 1. The Kier molecular flexibility index (Phi) is 5.03. The van der Waals surface area contributed by atoms with Crippen molar-refractivity contribution in [3.05, 3.63) is 82.8 Å². The number of nitrogens with zero attached hydrogens (tertiary/aromatic N) is 3. The number of rotatable bonds is 5. The van der Waals surface area contributed by atoms with Crippen LogP contribution in [-0.4, -0.2) is 27.8 Å². The van der Waals surface area contributed by atoms with Crippen LogP contribution in [0.3, 0.4) is 0 Å². The van der Waals surface area contributed by atoms with Gasteiger partial charge in [0, 0.05) is 11.3 Å². The van der Waals surface area contributed by atoms with Crippen LogP contribution in [0, 0.1) is 6.92 Å². The lowest BCUT2D eigenvalue weighted by atomic mass is 9.95. The number of esters is 1. The van der Waals surface area contributed by atoms with Gasteiger partial charge in [0.1, 0.15) is 24.7 Å². The van der Waals surface area contributed by atoms with E-state index in [0.717, 1.165) is 16.7 Å². The number of nitrogens with one attached hydrogen (secondary N) is 1. The van der Waals surface area contributed by atoms with Crippen molar-refractivity contribution in [3.63, 3.8) is 0 Å². The molecule has 1 N–H and O–H groups in total. The molecule has 0 radical (unpaired) electrons. The monoisotopic (exact) mass is 390 g/mol. The van der Waals surface area contributed by atoms with Crippen molar-refractivity contribution in [1.29, 1.82) is 0 Å². The summed E-state index contributed by atoms with van der Waals surface area (Å²) in [5.41, 5.74) is 4.23. The highest BCUT2D eigenvalue weighted by Gasteiger charge is 2.35. The summed E-state index contributed by atoms with van der Waals surface area (Å²) in [6, 6.07) is 15.3. The van der Waals surface area contributed by atoms with Crippen LogP contribution in [0.5, 0.6) is 5.75 Å². The molecule has 1 aliphatic heterocycles. The number of hydrogen-bond acceptors (Lipinski definition) is 6. The summed E-state index contributed by atoms with van der Waals surface area (Å²) < 4.78 is 12.9. The molecule has 0 bridgehead atoms. The maximum Gasteiger partial charge on any atom is 0.338 e. The number of carbonyl (C=O) groups excluding carboxylic acids is 1. The van der Waals surface area contributed by atoms with Crippen LogP contribution in [0.1, 0.15) is 29.7 Å². The van der Waals surface area contributed by atoms with E-state index in [2.05, 4.69) is 28.4 Å². The van der Waals surface area contributed by atoms with Crippen LogP contribution in [0.15, 0.2) is 66.1 Å². The molecule has 0 saturated carbocycles. The van der Waals surface area contributed by atoms with Gasteiger partial charge in [-0.15, -0.1) is 0 Å². The molecule has 7 heteroatoms. The number of allylic oxidation sites excluding steroid dienone is 1. The van der Waals surface area contributed by atoms with E-state index in [4.69, 9.17) is 9.47 Å². The van der Waals surface area contributed by atoms with E-state index in [0.29, 0.717) is 29.6 Å². The van der Waals surface area contributed by atoms with Crippen LogP contribution in [0.25, 0.3) is 0 Å². The molecule has 7 nitrogen and oxygen atoms in total. The van der Waals surface area contributed by atoms with Gasteiger partial charge in [-0.1, -0.05) is 42.5 Å². The van der Waals surface area contributed by atoms with E-state index in [1.54, 1.807) is 4.68 Å². The van der Waals surface area contributed by atoms with E-state index in [9.17, 15) is 4.79 Å². The van der Waals surface area contributed by atoms with Crippen molar-refractivity contribution in [1.82, 2.24) is 14.8 Å². The number of hydrogen-bond donors (Lipinski definition) is 1. The molecule has 29 heavy (non-hydrogen) atoms. The Bertz CT molecular complexity index is 1090. The van der Waals surface area contributed by atoms with Crippen LogP contribution in [0.2, 0.25) is 0 Å². The third kappa shape index (κ3) is 3.47. The van der Waals surface area contributed by atoms with Gasteiger partial charge in [-0.05, 0) is 31.0 Å². The van der Waals surface area contributed by atoms with E-state index in [-0.39, 0.29) is 0 Å². The maximum atomic E-state index is 12.6. The van der Waals surface area contributed by atoms with E-state index >= 15 is 0 Å². The minimum absolute atomic E-state index is 0.421. The maximum absolute atomic E-state index is 12.6. The van der Waals surface area contributed by atoms with Crippen molar-refractivity contribution in [2.45, 2.75) is 26.5 Å². The number of aromatic nitrogens is 3. The summed E-state index contributed by atoms with van der Waals surface area (Å²) >= 11 is 0. The van der Waals surface area contributed by atoms with Gasteiger partial charge in [0.05, 0.1) is 12.7 Å². The summed E-state index contributed by atoms with van der Waals surface area (Å²) in [6.07, 6.45) is 1.46. The molecule has 3 aromatic rings. The number of carbonyl (C=O) groups is 1. The minimum Gasteiger partial charge on any atom is -0.489 e. The molecule has 0 amide bonds. The first-order valence-electron chi connectivity index (χ1n) is 9.32. The van der Waals surface area contributed by atoms with Gasteiger partial charge >= 0.3 is 5.97 Å². The van der Waals surface area contributed by atoms with E-state index in [1.807, 2.05) is 49.4 Å². The third-order valence-electron chi connectivity index (χ3n) is 5.06. The molecule has 0 fully saturated rings. The fourth-order valence-electron chi connectivity index (χ4n) is 3.52. The summed E-state index contributed by atoms with van der Waals surface area (Å²) in [6.45, 7) is 4.31. The van der Waals surface area contributed by atoms with Crippen LogP contribution >= 0.6 is 0 Å². The largest absolute Gasteiger partial charge is 0.489 e. The number of anilines is 1. The van der Waals surface area contributed by atoms with Gasteiger partial charge in [0.15, 0.2) is 0 Å². The molecule has 2 heterocycles. The van der Waals surface area contributed by atoms with Crippen molar-refractivity contribution in [3.8, 4) is 5.75 Å². The first-order chi connectivity index (χ1) is 14.1. The Hall–Kier alpha value is -3.61. The molecule has 1 unspecified atom stereocenters. The highest BCUT2D eigenvalue weighted by atomic mass is 16.5. The zero-order valence-corrected chi connectivity index (χ0v) is 16.5. The number of ether oxygens (including phenoxy) is 2. The standard InChI is InChI=1S/C22H22N4O3/c1-14-8-4-5-9-16(14)12-29-18-11-7-6-10-17(18)20-19(21(27)28-3)15(2)25-22-23-13-24-26(20)22/h4-11,13,20H,12H2,1-3H3,(H,23,24,25). The first kappa shape index (κ1) is 18.7. The lowest BCUT2D eigenvalue weighted by molar-refractivity contribution is -0.136. The van der Waals surface area contributed by atoms with Crippen LogP contribution < -0.4 is 10.1 Å². The molecule has 0 saturated heterocycles. The second-order valence-electron chi connectivity index (χ2n) is 6.84. The minimum atomic E-state index is -0.505. The molecular weight excluding hydrogens is 368 g/mol. The molecule has 0 spiro atoms. The molecular formula is C22H22N4O3. The predicted molar refractivity (Wildman–Crippen MR) is 108 cm³/mol.